The Labute approximate surface area is 127 Å². The van der Waals surface area contributed by atoms with Crippen molar-refractivity contribution >= 4 is 63.7 Å². The molecule has 0 N–H and O–H groups in total. The third-order valence-corrected chi connectivity index (χ3v) is 6.01. The summed E-state index contributed by atoms with van der Waals surface area (Å²) in [4.78, 5) is 13.2. The van der Waals surface area contributed by atoms with Crippen molar-refractivity contribution in [3.05, 3.63) is 53.4 Å². The molecule has 88 valence electrons. The highest BCUT2D eigenvalue weighted by molar-refractivity contribution is 14.1. The van der Waals surface area contributed by atoms with Crippen LogP contribution < -0.4 is 0 Å². The van der Waals surface area contributed by atoms with Crippen LogP contribution in [0.2, 0.25) is 0 Å². The van der Waals surface area contributed by atoms with Gasteiger partial charge in [-0.1, -0.05) is 23.5 Å². The maximum atomic E-state index is 12.3. The quantitative estimate of drug-likeness (QED) is 0.411. The van der Waals surface area contributed by atoms with Gasteiger partial charge < -0.3 is 0 Å². The molecule has 1 aromatic carbocycles. The second kappa shape index (κ2) is 6.36. The minimum Gasteiger partial charge on any atom is -0.288 e. The molecular weight excluding hydrogens is 383 g/mol. The summed E-state index contributed by atoms with van der Waals surface area (Å²) in [5.41, 5.74) is 0.760. The van der Waals surface area contributed by atoms with E-state index in [4.69, 9.17) is 0 Å². The van der Waals surface area contributed by atoms with Gasteiger partial charge in [0, 0.05) is 9.13 Å². The Morgan fingerprint density at radius 1 is 1.18 bits per heavy atom. The number of allylic oxidation sites excluding steroid dienone is 1. The number of ketones is 1. The summed E-state index contributed by atoms with van der Waals surface area (Å²) in [6, 6.07) is 7.70. The molecule has 1 aliphatic rings. The summed E-state index contributed by atoms with van der Waals surface area (Å²) < 4.78 is 2.23. The van der Waals surface area contributed by atoms with E-state index in [0.29, 0.717) is 0 Å². The number of thioether (sulfide) groups is 3. The molecule has 1 nitrogen and oxygen atoms in total. The fourth-order valence-corrected chi connectivity index (χ4v) is 4.58. The van der Waals surface area contributed by atoms with Gasteiger partial charge in [0.05, 0.1) is 9.14 Å². The molecule has 17 heavy (non-hydrogen) atoms. The monoisotopic (exact) mass is 392 g/mol. The zero-order valence-electron chi connectivity index (χ0n) is 8.98. The Bertz CT molecular complexity index is 481. The van der Waals surface area contributed by atoms with Crippen molar-refractivity contribution in [2.45, 2.75) is 0 Å². The lowest BCUT2D eigenvalue weighted by molar-refractivity contribution is 0.104. The van der Waals surface area contributed by atoms with Crippen molar-refractivity contribution < 1.29 is 4.79 Å². The smallest absolute Gasteiger partial charge is 0.201 e. The molecule has 0 aromatic heterocycles. The predicted molar refractivity (Wildman–Crippen MR) is 88.4 cm³/mol. The summed E-state index contributed by atoms with van der Waals surface area (Å²) in [6.45, 7) is 0. The topological polar surface area (TPSA) is 17.1 Å². The third kappa shape index (κ3) is 3.33. The molecule has 0 unspecified atom stereocenters. The highest BCUT2D eigenvalue weighted by Crippen LogP contribution is 2.43. The van der Waals surface area contributed by atoms with Crippen molar-refractivity contribution in [2.75, 3.05) is 6.26 Å². The van der Waals surface area contributed by atoms with Crippen molar-refractivity contribution in [1.29, 1.82) is 0 Å². The molecule has 0 aliphatic carbocycles. The first kappa shape index (κ1) is 13.6. The fraction of sp³-hybridized carbons (Fsp3) is 0.0833. The normalized spacial score (nSPS) is 14.1. The molecule has 0 bridgehead atoms. The Morgan fingerprint density at radius 3 is 2.29 bits per heavy atom. The molecule has 0 atom stereocenters. The zero-order valence-corrected chi connectivity index (χ0v) is 13.6. The van der Waals surface area contributed by atoms with E-state index in [2.05, 4.69) is 22.6 Å². The SMILES string of the molecule is CSC(C(=O)c1ccc(I)cc1)=C1SC=CS1. The van der Waals surface area contributed by atoms with Gasteiger partial charge in [-0.3, -0.25) is 4.79 Å². The zero-order chi connectivity index (χ0) is 12.3. The van der Waals surface area contributed by atoms with E-state index in [1.165, 1.54) is 11.8 Å². The predicted octanol–water partition coefficient (Wildman–Crippen LogP) is 4.96. The van der Waals surface area contributed by atoms with Crippen molar-refractivity contribution in [3.63, 3.8) is 0 Å². The number of carbonyl (C=O) groups excluding carboxylic acids is 1. The van der Waals surface area contributed by atoms with Gasteiger partial charge in [-0.2, -0.15) is 0 Å². The molecule has 1 aliphatic heterocycles. The van der Waals surface area contributed by atoms with Crippen LogP contribution in [0.1, 0.15) is 10.4 Å². The second-order valence-electron chi connectivity index (χ2n) is 3.16. The molecule has 5 heteroatoms. The minimum atomic E-state index is 0.118. The summed E-state index contributed by atoms with van der Waals surface area (Å²) >= 11 is 7.00. The van der Waals surface area contributed by atoms with E-state index in [0.717, 1.165) is 18.3 Å². The van der Waals surface area contributed by atoms with E-state index in [9.17, 15) is 4.79 Å². The van der Waals surface area contributed by atoms with Gasteiger partial charge in [-0.05, 0) is 63.9 Å². The average Bonchev–Trinajstić information content (AvgIpc) is 2.84. The largest absolute Gasteiger partial charge is 0.288 e. The van der Waals surface area contributed by atoms with Crippen LogP contribution >= 0.6 is 57.9 Å². The molecule has 0 fully saturated rings. The molecule has 0 saturated heterocycles. The first-order chi connectivity index (χ1) is 8.22. The van der Waals surface area contributed by atoms with E-state index in [1.807, 2.05) is 41.3 Å². The van der Waals surface area contributed by atoms with Gasteiger partial charge in [-0.15, -0.1) is 11.8 Å². The van der Waals surface area contributed by atoms with Gasteiger partial charge in [0.1, 0.15) is 0 Å². The number of rotatable bonds is 3. The summed E-state index contributed by atoms with van der Waals surface area (Å²) in [5, 5.41) is 4.02. The van der Waals surface area contributed by atoms with Crippen LogP contribution in [0.25, 0.3) is 0 Å². The molecular formula is C12H9IOS3. The van der Waals surface area contributed by atoms with Gasteiger partial charge in [0.15, 0.2) is 0 Å². The van der Waals surface area contributed by atoms with Crippen LogP contribution in [-0.4, -0.2) is 12.0 Å². The van der Waals surface area contributed by atoms with Crippen LogP contribution in [0.4, 0.5) is 0 Å². The number of halogens is 1. The van der Waals surface area contributed by atoms with Gasteiger partial charge in [-0.25, -0.2) is 0 Å². The lowest BCUT2D eigenvalue weighted by atomic mass is 10.1. The Hall–Kier alpha value is 0.150. The molecule has 1 aromatic rings. The lowest BCUT2D eigenvalue weighted by Gasteiger charge is -2.06. The van der Waals surface area contributed by atoms with E-state index >= 15 is 0 Å². The molecule has 1 heterocycles. The van der Waals surface area contributed by atoms with Crippen LogP contribution in [-0.2, 0) is 0 Å². The molecule has 0 radical (unpaired) electrons. The molecule has 0 spiro atoms. The first-order valence-corrected chi connectivity index (χ1v) is 8.85. The highest BCUT2D eigenvalue weighted by atomic mass is 127. The number of Topliss-reactive ketones (excluding diaryl/α,β-unsaturated/α-hetero) is 1. The molecule has 0 amide bonds. The standard InChI is InChI=1S/C12H9IOS3/c1-15-11(12-16-6-7-17-12)10(14)8-2-4-9(13)5-3-8/h2-7H,1H3. The summed E-state index contributed by atoms with van der Waals surface area (Å²) in [7, 11) is 0. The Balaban J connectivity index is 2.29. The van der Waals surface area contributed by atoms with E-state index in [-0.39, 0.29) is 5.78 Å². The van der Waals surface area contributed by atoms with Crippen LogP contribution in [0.3, 0.4) is 0 Å². The second-order valence-corrected chi connectivity index (χ2v) is 7.32. The average molecular weight is 392 g/mol. The molecule has 2 rings (SSSR count). The minimum absolute atomic E-state index is 0.118. The number of carbonyl (C=O) groups is 1. The highest BCUT2D eigenvalue weighted by Gasteiger charge is 2.18. The molecule has 0 saturated carbocycles. The first-order valence-electron chi connectivity index (χ1n) is 4.79. The lowest BCUT2D eigenvalue weighted by Crippen LogP contribution is -2.01. The number of benzene rings is 1. The van der Waals surface area contributed by atoms with Crippen LogP contribution in [0, 0.1) is 3.57 Å². The Kier molecular flexibility index (Phi) is 5.08. The van der Waals surface area contributed by atoms with Crippen molar-refractivity contribution in [2.24, 2.45) is 0 Å². The Morgan fingerprint density at radius 2 is 1.76 bits per heavy atom. The summed E-state index contributed by atoms with van der Waals surface area (Å²) in [5.74, 6) is 0.118. The van der Waals surface area contributed by atoms with Crippen molar-refractivity contribution in [1.82, 2.24) is 0 Å². The fourth-order valence-electron chi connectivity index (χ4n) is 1.32. The number of hydrogen-bond acceptors (Lipinski definition) is 4. The van der Waals surface area contributed by atoms with Gasteiger partial charge in [0.2, 0.25) is 5.78 Å². The third-order valence-electron chi connectivity index (χ3n) is 2.11. The number of hydrogen-bond donors (Lipinski definition) is 0. The van der Waals surface area contributed by atoms with Crippen molar-refractivity contribution in [3.8, 4) is 0 Å². The van der Waals surface area contributed by atoms with E-state index < -0.39 is 0 Å². The maximum absolute atomic E-state index is 12.3. The van der Waals surface area contributed by atoms with E-state index in [1.54, 1.807) is 23.5 Å². The maximum Gasteiger partial charge on any atom is 0.201 e. The van der Waals surface area contributed by atoms with Crippen LogP contribution in [0.15, 0.2) is 44.2 Å². The van der Waals surface area contributed by atoms with Gasteiger partial charge >= 0.3 is 0 Å². The summed E-state index contributed by atoms with van der Waals surface area (Å²) in [6.07, 6.45) is 1.95. The van der Waals surface area contributed by atoms with Crippen LogP contribution in [0.5, 0.6) is 0 Å². The van der Waals surface area contributed by atoms with Gasteiger partial charge in [0.25, 0.3) is 0 Å².